The molecule has 1 heterocycles. The molecule has 4 nitrogen and oxygen atoms in total. The molecule has 3 aliphatic carbocycles. The summed E-state index contributed by atoms with van der Waals surface area (Å²) in [5.41, 5.74) is 6.37. The highest BCUT2D eigenvalue weighted by atomic mass is 16.1. The number of anilines is 1. The zero-order valence-corrected chi connectivity index (χ0v) is 22.1. The summed E-state index contributed by atoms with van der Waals surface area (Å²) in [5.74, 6) is -0.627. The zero-order chi connectivity index (χ0) is 27.6. The third kappa shape index (κ3) is 2.46. The van der Waals surface area contributed by atoms with E-state index >= 15 is 4.79 Å². The number of allylic oxidation sites excluding steroid dienone is 2. The molecule has 5 aromatic carbocycles. The van der Waals surface area contributed by atoms with E-state index in [2.05, 4.69) is 4.90 Å². The standard InChI is InChI=1S/C37H21NO3/c1-20-16-18-22(19-17-20)38-32-23-10-2-4-12-25(23)34(39)30(32)37(31-33(38)24-11-3-5-13-26(24)35(31)40)28-15-7-9-21-8-6-14-27(29(21)28)36(37)41/h2-19H,1H3. The quantitative estimate of drug-likeness (QED) is 0.229. The molecular weight excluding hydrogens is 506 g/mol. The van der Waals surface area contributed by atoms with E-state index in [1.807, 2.05) is 116 Å². The van der Waals surface area contributed by atoms with Crippen molar-refractivity contribution >= 4 is 45.2 Å². The average molecular weight is 528 g/mol. The number of hydrogen-bond donors (Lipinski definition) is 0. The Kier molecular flexibility index (Phi) is 4.07. The van der Waals surface area contributed by atoms with Gasteiger partial charge in [-0.3, -0.25) is 14.4 Å². The van der Waals surface area contributed by atoms with Gasteiger partial charge in [-0.15, -0.1) is 0 Å². The third-order valence-electron chi connectivity index (χ3n) is 9.16. The van der Waals surface area contributed by atoms with Crippen LogP contribution in [0.1, 0.15) is 53.3 Å². The Labute approximate surface area is 235 Å². The Balaban J connectivity index is 1.51. The van der Waals surface area contributed by atoms with Crippen LogP contribution in [0.5, 0.6) is 0 Å². The Morgan fingerprint density at radius 1 is 0.537 bits per heavy atom. The van der Waals surface area contributed by atoms with Crippen molar-refractivity contribution < 1.29 is 14.4 Å². The van der Waals surface area contributed by atoms with Crippen LogP contribution in [0.25, 0.3) is 22.2 Å². The molecule has 0 fully saturated rings. The molecule has 0 saturated heterocycles. The van der Waals surface area contributed by atoms with Gasteiger partial charge >= 0.3 is 0 Å². The first-order chi connectivity index (χ1) is 20.0. The predicted octanol–water partition coefficient (Wildman–Crippen LogP) is 7.32. The number of carbonyl (C=O) groups excluding carboxylic acids is 3. The molecule has 9 rings (SSSR count). The van der Waals surface area contributed by atoms with Gasteiger partial charge in [-0.05, 0) is 35.4 Å². The second-order valence-corrected chi connectivity index (χ2v) is 11.2. The maximum atomic E-state index is 15.0. The van der Waals surface area contributed by atoms with E-state index < -0.39 is 5.41 Å². The van der Waals surface area contributed by atoms with Crippen LogP contribution in [0.15, 0.2) is 120 Å². The summed E-state index contributed by atoms with van der Waals surface area (Å²) in [4.78, 5) is 46.4. The molecule has 0 unspecified atom stereocenters. The molecule has 0 bridgehead atoms. The first-order valence-electron chi connectivity index (χ1n) is 13.7. The summed E-state index contributed by atoms with van der Waals surface area (Å²) in [6, 6.07) is 34.7. The Morgan fingerprint density at radius 2 is 1.05 bits per heavy atom. The first-order valence-corrected chi connectivity index (χ1v) is 13.7. The van der Waals surface area contributed by atoms with Gasteiger partial charge in [0.2, 0.25) is 0 Å². The smallest absolute Gasteiger partial charge is 0.193 e. The van der Waals surface area contributed by atoms with Crippen molar-refractivity contribution in [3.05, 3.63) is 159 Å². The lowest BCUT2D eigenvalue weighted by atomic mass is 9.64. The Bertz CT molecular complexity index is 2080. The number of ketones is 3. The van der Waals surface area contributed by atoms with Crippen molar-refractivity contribution in [3.8, 4) is 0 Å². The molecule has 0 atom stereocenters. The Morgan fingerprint density at radius 3 is 1.63 bits per heavy atom. The van der Waals surface area contributed by atoms with Crippen molar-refractivity contribution in [3.63, 3.8) is 0 Å². The van der Waals surface area contributed by atoms with E-state index in [-0.39, 0.29) is 17.3 Å². The van der Waals surface area contributed by atoms with Crippen LogP contribution in [0.3, 0.4) is 0 Å². The number of fused-ring (bicyclic) bond motifs is 7. The van der Waals surface area contributed by atoms with Crippen molar-refractivity contribution in [2.24, 2.45) is 0 Å². The fourth-order valence-electron chi connectivity index (χ4n) is 7.54. The van der Waals surface area contributed by atoms with Crippen molar-refractivity contribution in [1.82, 2.24) is 0 Å². The topological polar surface area (TPSA) is 54.5 Å². The molecule has 1 spiro atoms. The van der Waals surface area contributed by atoms with Crippen molar-refractivity contribution in [2.75, 3.05) is 4.90 Å². The van der Waals surface area contributed by atoms with Crippen LogP contribution in [-0.2, 0) is 5.41 Å². The van der Waals surface area contributed by atoms with E-state index in [1.54, 1.807) is 0 Å². The van der Waals surface area contributed by atoms with Crippen molar-refractivity contribution in [1.29, 1.82) is 0 Å². The summed E-state index contributed by atoms with van der Waals surface area (Å²) >= 11 is 0. The predicted molar refractivity (Wildman–Crippen MR) is 159 cm³/mol. The van der Waals surface area contributed by atoms with Gasteiger partial charge in [0.25, 0.3) is 0 Å². The lowest BCUT2D eigenvalue weighted by molar-refractivity contribution is 0.0886. The van der Waals surface area contributed by atoms with E-state index in [1.165, 1.54) is 0 Å². The molecular formula is C37H21NO3. The van der Waals surface area contributed by atoms with Crippen LogP contribution in [0, 0.1) is 6.92 Å². The minimum absolute atomic E-state index is 0.207. The minimum Gasteiger partial charge on any atom is -0.308 e. The van der Waals surface area contributed by atoms with E-state index in [4.69, 9.17) is 0 Å². The molecule has 0 radical (unpaired) electrons. The number of hydrogen-bond acceptors (Lipinski definition) is 4. The highest BCUT2D eigenvalue weighted by Gasteiger charge is 2.64. The van der Waals surface area contributed by atoms with Gasteiger partial charge in [0.15, 0.2) is 17.3 Å². The van der Waals surface area contributed by atoms with E-state index in [0.717, 1.165) is 33.2 Å². The summed E-state index contributed by atoms with van der Waals surface area (Å²) in [6.45, 7) is 2.03. The summed E-state index contributed by atoms with van der Waals surface area (Å²) in [5, 5.41) is 1.73. The second kappa shape index (κ2) is 7.43. The molecule has 192 valence electrons. The summed E-state index contributed by atoms with van der Waals surface area (Å²) in [7, 11) is 0. The van der Waals surface area contributed by atoms with Crippen LogP contribution < -0.4 is 4.90 Å². The molecule has 0 amide bonds. The lowest BCUT2D eigenvalue weighted by Gasteiger charge is -2.41. The largest absolute Gasteiger partial charge is 0.308 e. The van der Waals surface area contributed by atoms with Gasteiger partial charge < -0.3 is 4.90 Å². The zero-order valence-electron chi connectivity index (χ0n) is 22.1. The van der Waals surface area contributed by atoms with Crippen LogP contribution in [-0.4, -0.2) is 17.3 Å². The minimum atomic E-state index is -1.55. The SMILES string of the molecule is Cc1ccc(N2C3=C(C(=O)c4ccccc43)C3(C(=O)c4cccc5cccc3c45)C3=C2c2ccccc2C3=O)cc1. The number of nitrogens with zero attached hydrogens (tertiary/aromatic N) is 1. The van der Waals surface area contributed by atoms with Gasteiger partial charge in [0, 0.05) is 44.7 Å². The molecule has 5 aromatic rings. The number of aryl methyl sites for hydroxylation is 1. The number of Topliss-reactive ketones (excluding diaryl/α,β-unsaturated/α-hetero) is 3. The second-order valence-electron chi connectivity index (χ2n) is 11.2. The van der Waals surface area contributed by atoms with Crippen LogP contribution in [0.2, 0.25) is 0 Å². The number of carbonyl (C=O) groups is 3. The molecule has 4 aliphatic rings. The van der Waals surface area contributed by atoms with E-state index in [9.17, 15) is 9.59 Å². The van der Waals surface area contributed by atoms with Crippen LogP contribution in [0.4, 0.5) is 5.69 Å². The molecule has 4 heteroatoms. The van der Waals surface area contributed by atoms with Gasteiger partial charge in [0.05, 0.1) is 11.4 Å². The molecule has 0 aromatic heterocycles. The fraction of sp³-hybridized carbons (Fsp3) is 0.0541. The summed E-state index contributed by atoms with van der Waals surface area (Å²) in [6.07, 6.45) is 0. The molecule has 0 N–H and O–H groups in total. The highest BCUT2D eigenvalue weighted by Crippen LogP contribution is 2.63. The van der Waals surface area contributed by atoms with Gasteiger partial charge in [-0.2, -0.15) is 0 Å². The monoisotopic (exact) mass is 527 g/mol. The van der Waals surface area contributed by atoms with Gasteiger partial charge in [-0.1, -0.05) is 103 Å². The first kappa shape index (κ1) is 22.5. The third-order valence-corrected chi connectivity index (χ3v) is 9.16. The maximum absolute atomic E-state index is 15.0. The fourth-order valence-corrected chi connectivity index (χ4v) is 7.54. The lowest BCUT2D eigenvalue weighted by Crippen LogP contribution is -2.46. The number of benzene rings is 5. The molecule has 1 aliphatic heterocycles. The molecule has 41 heavy (non-hydrogen) atoms. The van der Waals surface area contributed by atoms with Gasteiger partial charge in [-0.25, -0.2) is 0 Å². The Hall–Kier alpha value is -5.35. The molecule has 0 saturated carbocycles. The van der Waals surface area contributed by atoms with E-state index in [0.29, 0.717) is 44.8 Å². The van der Waals surface area contributed by atoms with Crippen molar-refractivity contribution in [2.45, 2.75) is 12.3 Å². The summed E-state index contributed by atoms with van der Waals surface area (Å²) < 4.78 is 0. The highest BCUT2D eigenvalue weighted by molar-refractivity contribution is 6.41. The van der Waals surface area contributed by atoms with Crippen LogP contribution >= 0.6 is 0 Å². The van der Waals surface area contributed by atoms with Gasteiger partial charge in [0.1, 0.15) is 5.41 Å². The average Bonchev–Trinajstić information content (AvgIpc) is 3.57. The normalized spacial score (nSPS) is 17.5. The maximum Gasteiger partial charge on any atom is 0.193 e. The number of rotatable bonds is 1.